The van der Waals surface area contributed by atoms with Crippen LogP contribution in [0.1, 0.15) is 5.56 Å². The van der Waals surface area contributed by atoms with Crippen molar-refractivity contribution >= 4 is 17.7 Å². The Morgan fingerprint density at radius 3 is 2.29 bits per heavy atom. The summed E-state index contributed by atoms with van der Waals surface area (Å²) >= 11 is 0. The average Bonchev–Trinajstić information content (AvgIpc) is 3.18. The number of imidazole rings is 1. The van der Waals surface area contributed by atoms with E-state index in [0.29, 0.717) is 17.2 Å². The van der Waals surface area contributed by atoms with Crippen LogP contribution in [-0.4, -0.2) is 21.1 Å². The number of aromatic nitrogens is 2. The number of nitro benzene ring substituents is 1. The minimum absolute atomic E-state index is 0.0181. The van der Waals surface area contributed by atoms with E-state index in [1.807, 2.05) is 60.7 Å². The maximum atomic E-state index is 11.1. The number of rotatable bonds is 5. The van der Waals surface area contributed by atoms with Gasteiger partial charge in [0.25, 0.3) is 5.69 Å². The summed E-state index contributed by atoms with van der Waals surface area (Å²) in [6.07, 6.45) is 1.75. The van der Waals surface area contributed by atoms with Crippen LogP contribution in [0.15, 0.2) is 89.9 Å². The first-order valence-electron chi connectivity index (χ1n) is 8.70. The molecule has 0 aliphatic rings. The average molecular weight is 368 g/mol. The van der Waals surface area contributed by atoms with Crippen LogP contribution in [-0.2, 0) is 0 Å². The fourth-order valence-corrected chi connectivity index (χ4v) is 2.84. The van der Waals surface area contributed by atoms with Crippen molar-refractivity contribution in [1.82, 2.24) is 9.97 Å². The van der Waals surface area contributed by atoms with E-state index in [2.05, 4.69) is 15.0 Å². The number of non-ortho nitro benzene ring substituents is 1. The fraction of sp³-hybridized carbons (Fsp3) is 0. The smallest absolute Gasteiger partial charge is 0.270 e. The minimum Gasteiger partial charge on any atom is -0.336 e. The largest absolute Gasteiger partial charge is 0.336 e. The topological polar surface area (TPSA) is 84.2 Å². The van der Waals surface area contributed by atoms with Crippen LogP contribution in [0.3, 0.4) is 0 Å². The first-order valence-corrected chi connectivity index (χ1v) is 8.70. The molecule has 0 spiro atoms. The molecule has 136 valence electrons. The molecule has 28 heavy (non-hydrogen) atoms. The predicted molar refractivity (Wildman–Crippen MR) is 110 cm³/mol. The number of benzene rings is 3. The van der Waals surface area contributed by atoms with Gasteiger partial charge in [0.15, 0.2) is 5.82 Å². The Kier molecular flexibility index (Phi) is 4.76. The van der Waals surface area contributed by atoms with E-state index in [0.717, 1.165) is 16.8 Å². The molecule has 0 saturated heterocycles. The van der Waals surface area contributed by atoms with E-state index in [1.165, 1.54) is 12.1 Å². The number of aromatic amines is 1. The van der Waals surface area contributed by atoms with Crippen molar-refractivity contribution in [2.24, 2.45) is 4.99 Å². The summed E-state index contributed by atoms with van der Waals surface area (Å²) in [5, 5.41) is 11.1. The summed E-state index contributed by atoms with van der Waals surface area (Å²) in [6.45, 7) is 0. The van der Waals surface area contributed by atoms with Crippen LogP contribution in [0.25, 0.3) is 22.6 Å². The Morgan fingerprint density at radius 2 is 1.57 bits per heavy atom. The SMILES string of the molecule is O=[N+]([O-])c1cccc(-c2nc(/N=C/c3ccccc3)c(-c3ccccc3)[nH]2)c1. The van der Waals surface area contributed by atoms with Crippen LogP contribution in [0.2, 0.25) is 0 Å². The second kappa shape index (κ2) is 7.67. The third kappa shape index (κ3) is 3.71. The normalized spacial score (nSPS) is 11.0. The van der Waals surface area contributed by atoms with Crippen molar-refractivity contribution in [3.63, 3.8) is 0 Å². The first-order chi connectivity index (χ1) is 13.7. The van der Waals surface area contributed by atoms with E-state index in [1.54, 1.807) is 18.3 Å². The van der Waals surface area contributed by atoms with Crippen LogP contribution in [0.4, 0.5) is 11.5 Å². The molecule has 0 radical (unpaired) electrons. The molecule has 0 aliphatic carbocycles. The molecule has 1 aromatic heterocycles. The minimum atomic E-state index is -0.418. The lowest BCUT2D eigenvalue weighted by Crippen LogP contribution is -1.88. The van der Waals surface area contributed by atoms with E-state index in [9.17, 15) is 10.1 Å². The molecule has 4 aromatic rings. The Bertz CT molecular complexity index is 1140. The van der Waals surface area contributed by atoms with Crippen molar-refractivity contribution in [3.8, 4) is 22.6 Å². The van der Waals surface area contributed by atoms with Gasteiger partial charge in [-0.2, -0.15) is 0 Å². The summed E-state index contributed by atoms with van der Waals surface area (Å²) in [4.78, 5) is 23.1. The molecule has 0 amide bonds. The highest BCUT2D eigenvalue weighted by molar-refractivity contribution is 5.84. The molecule has 0 unspecified atom stereocenters. The van der Waals surface area contributed by atoms with Crippen molar-refractivity contribution in [2.75, 3.05) is 0 Å². The second-order valence-corrected chi connectivity index (χ2v) is 6.13. The number of H-pyrrole nitrogens is 1. The molecule has 0 aliphatic heterocycles. The Labute approximate surface area is 161 Å². The lowest BCUT2D eigenvalue weighted by atomic mass is 10.1. The number of aliphatic imine (C=N–C) groups is 1. The van der Waals surface area contributed by atoms with Crippen LogP contribution in [0.5, 0.6) is 0 Å². The summed E-state index contributed by atoms with van der Waals surface area (Å²) in [7, 11) is 0. The summed E-state index contributed by atoms with van der Waals surface area (Å²) in [5.74, 6) is 1.05. The number of hydrogen-bond acceptors (Lipinski definition) is 4. The van der Waals surface area contributed by atoms with Crippen molar-refractivity contribution in [1.29, 1.82) is 0 Å². The highest BCUT2D eigenvalue weighted by Crippen LogP contribution is 2.32. The zero-order valence-electron chi connectivity index (χ0n) is 14.8. The van der Waals surface area contributed by atoms with Crippen LogP contribution < -0.4 is 0 Å². The summed E-state index contributed by atoms with van der Waals surface area (Å²) in [5.41, 5.74) is 3.31. The van der Waals surface area contributed by atoms with Gasteiger partial charge in [0.1, 0.15) is 5.82 Å². The van der Waals surface area contributed by atoms with Gasteiger partial charge >= 0.3 is 0 Å². The van der Waals surface area contributed by atoms with Gasteiger partial charge in [-0.15, -0.1) is 0 Å². The Morgan fingerprint density at radius 1 is 0.893 bits per heavy atom. The predicted octanol–water partition coefficient (Wildman–Crippen LogP) is 5.40. The maximum absolute atomic E-state index is 11.1. The van der Waals surface area contributed by atoms with Gasteiger partial charge in [0.2, 0.25) is 0 Å². The molecule has 3 aromatic carbocycles. The summed E-state index contributed by atoms with van der Waals surface area (Å²) in [6, 6.07) is 25.9. The van der Waals surface area contributed by atoms with Gasteiger partial charge in [-0.05, 0) is 5.56 Å². The zero-order chi connectivity index (χ0) is 19.3. The lowest BCUT2D eigenvalue weighted by molar-refractivity contribution is -0.384. The standard InChI is InChI=1S/C22H16N4O2/c27-26(28)19-13-7-12-18(14-19)21-24-20(17-10-5-2-6-11-17)22(25-21)23-15-16-8-3-1-4-9-16/h1-15H,(H,24,25)/b23-15+. The second-order valence-electron chi connectivity index (χ2n) is 6.13. The van der Waals surface area contributed by atoms with Gasteiger partial charge in [-0.1, -0.05) is 72.8 Å². The Hall–Kier alpha value is -4.06. The van der Waals surface area contributed by atoms with Gasteiger partial charge in [-0.25, -0.2) is 9.98 Å². The Balaban J connectivity index is 1.79. The molecule has 0 atom stereocenters. The third-order valence-electron chi connectivity index (χ3n) is 4.21. The first kappa shape index (κ1) is 17.4. The molecule has 0 fully saturated rings. The quantitative estimate of drug-likeness (QED) is 0.291. The van der Waals surface area contributed by atoms with Crippen LogP contribution >= 0.6 is 0 Å². The zero-order valence-corrected chi connectivity index (χ0v) is 14.8. The van der Waals surface area contributed by atoms with E-state index in [-0.39, 0.29) is 5.69 Å². The molecule has 0 saturated carbocycles. The molecular formula is C22H16N4O2. The number of hydrogen-bond donors (Lipinski definition) is 1. The number of nitrogens with zero attached hydrogens (tertiary/aromatic N) is 3. The van der Waals surface area contributed by atoms with Gasteiger partial charge in [0.05, 0.1) is 10.6 Å². The molecular weight excluding hydrogens is 352 g/mol. The lowest BCUT2D eigenvalue weighted by Gasteiger charge is -1.99. The molecule has 6 heteroatoms. The van der Waals surface area contributed by atoms with E-state index < -0.39 is 4.92 Å². The van der Waals surface area contributed by atoms with Gasteiger partial charge in [0, 0.05) is 29.5 Å². The molecule has 1 heterocycles. The maximum Gasteiger partial charge on any atom is 0.270 e. The van der Waals surface area contributed by atoms with Crippen molar-refractivity contribution in [3.05, 3.63) is 101 Å². The van der Waals surface area contributed by atoms with Crippen LogP contribution in [0, 0.1) is 10.1 Å². The van der Waals surface area contributed by atoms with E-state index in [4.69, 9.17) is 0 Å². The number of nitro groups is 1. The summed E-state index contributed by atoms with van der Waals surface area (Å²) < 4.78 is 0. The molecule has 6 nitrogen and oxygen atoms in total. The molecule has 1 N–H and O–H groups in total. The van der Waals surface area contributed by atoms with Gasteiger partial charge < -0.3 is 4.98 Å². The van der Waals surface area contributed by atoms with Crippen molar-refractivity contribution in [2.45, 2.75) is 0 Å². The molecule has 4 rings (SSSR count). The monoisotopic (exact) mass is 368 g/mol. The third-order valence-corrected chi connectivity index (χ3v) is 4.21. The fourth-order valence-electron chi connectivity index (χ4n) is 2.84. The van der Waals surface area contributed by atoms with Gasteiger partial charge in [-0.3, -0.25) is 10.1 Å². The van der Waals surface area contributed by atoms with E-state index >= 15 is 0 Å². The highest BCUT2D eigenvalue weighted by Gasteiger charge is 2.15. The molecule has 0 bridgehead atoms. The van der Waals surface area contributed by atoms with Crippen molar-refractivity contribution < 1.29 is 4.92 Å². The number of nitrogens with one attached hydrogen (secondary N) is 1. The highest BCUT2D eigenvalue weighted by atomic mass is 16.6.